The predicted octanol–water partition coefficient (Wildman–Crippen LogP) is 6.36. The van der Waals surface area contributed by atoms with E-state index in [1.165, 1.54) is 5.56 Å². The molecule has 1 aromatic heterocycles. The van der Waals surface area contributed by atoms with E-state index in [0.29, 0.717) is 10.0 Å². The van der Waals surface area contributed by atoms with Gasteiger partial charge in [-0.2, -0.15) is 5.10 Å². The third kappa shape index (κ3) is 3.31. The van der Waals surface area contributed by atoms with Crippen LogP contribution in [0.5, 0.6) is 0 Å². The SMILES string of the molecule is Clc1ccc(-n2nc(-c3ccc(Br)cc3)c3c2NCCCC3)cc1Cl. The second kappa shape index (κ2) is 7.02. The molecule has 0 radical (unpaired) electrons. The molecule has 0 bridgehead atoms. The molecule has 0 aliphatic carbocycles. The molecule has 0 unspecified atom stereocenters. The lowest BCUT2D eigenvalue weighted by molar-refractivity contribution is 0.780. The lowest BCUT2D eigenvalue weighted by Crippen LogP contribution is -2.07. The summed E-state index contributed by atoms with van der Waals surface area (Å²) < 4.78 is 3.00. The van der Waals surface area contributed by atoms with Gasteiger partial charge in [-0.05, 0) is 49.6 Å². The molecule has 2 aromatic carbocycles. The molecule has 3 aromatic rings. The second-order valence-electron chi connectivity index (χ2n) is 6.08. The summed E-state index contributed by atoms with van der Waals surface area (Å²) in [5.41, 5.74) is 4.29. The molecular formula is C19H16BrCl2N3. The third-order valence-corrected chi connectivity index (χ3v) is 5.66. The van der Waals surface area contributed by atoms with Crippen LogP contribution in [0.25, 0.3) is 16.9 Å². The quantitative estimate of drug-likeness (QED) is 0.506. The Hall–Kier alpha value is -1.49. The van der Waals surface area contributed by atoms with Crippen molar-refractivity contribution in [3.8, 4) is 16.9 Å². The van der Waals surface area contributed by atoms with Gasteiger partial charge in [0, 0.05) is 22.1 Å². The first-order valence-electron chi connectivity index (χ1n) is 8.20. The molecule has 128 valence electrons. The average molecular weight is 437 g/mol. The Morgan fingerprint density at radius 3 is 2.56 bits per heavy atom. The number of hydrogen-bond acceptors (Lipinski definition) is 2. The smallest absolute Gasteiger partial charge is 0.133 e. The van der Waals surface area contributed by atoms with Crippen molar-refractivity contribution in [2.45, 2.75) is 19.3 Å². The number of anilines is 1. The van der Waals surface area contributed by atoms with E-state index in [0.717, 1.165) is 53.0 Å². The van der Waals surface area contributed by atoms with Crippen molar-refractivity contribution < 1.29 is 0 Å². The highest BCUT2D eigenvalue weighted by molar-refractivity contribution is 9.10. The van der Waals surface area contributed by atoms with Crippen molar-refractivity contribution in [3.05, 3.63) is 62.5 Å². The molecule has 1 aliphatic rings. The Balaban J connectivity index is 1.89. The van der Waals surface area contributed by atoms with Crippen LogP contribution < -0.4 is 5.32 Å². The molecule has 0 fully saturated rings. The van der Waals surface area contributed by atoms with Crippen LogP contribution in [-0.2, 0) is 6.42 Å². The van der Waals surface area contributed by atoms with Gasteiger partial charge < -0.3 is 5.32 Å². The van der Waals surface area contributed by atoms with Gasteiger partial charge in [0.15, 0.2) is 0 Å². The van der Waals surface area contributed by atoms with E-state index in [4.69, 9.17) is 28.3 Å². The van der Waals surface area contributed by atoms with Crippen LogP contribution in [0.2, 0.25) is 10.0 Å². The van der Waals surface area contributed by atoms with Gasteiger partial charge in [-0.25, -0.2) is 4.68 Å². The topological polar surface area (TPSA) is 29.9 Å². The molecule has 0 amide bonds. The molecule has 2 heterocycles. The Morgan fingerprint density at radius 2 is 1.80 bits per heavy atom. The maximum absolute atomic E-state index is 6.22. The molecule has 1 aliphatic heterocycles. The van der Waals surface area contributed by atoms with E-state index in [2.05, 4.69) is 33.4 Å². The highest BCUT2D eigenvalue weighted by Gasteiger charge is 2.21. The Morgan fingerprint density at radius 1 is 1.00 bits per heavy atom. The first-order chi connectivity index (χ1) is 12.1. The Labute approximate surface area is 165 Å². The third-order valence-electron chi connectivity index (χ3n) is 4.39. The fourth-order valence-electron chi connectivity index (χ4n) is 3.15. The van der Waals surface area contributed by atoms with Crippen LogP contribution >= 0.6 is 39.1 Å². The van der Waals surface area contributed by atoms with E-state index in [-0.39, 0.29) is 0 Å². The number of rotatable bonds is 2. The largest absolute Gasteiger partial charge is 0.370 e. The summed E-state index contributed by atoms with van der Waals surface area (Å²) in [6, 6.07) is 13.9. The van der Waals surface area contributed by atoms with Gasteiger partial charge in [0.05, 0.1) is 21.4 Å². The van der Waals surface area contributed by atoms with Gasteiger partial charge in [0.25, 0.3) is 0 Å². The number of benzene rings is 2. The van der Waals surface area contributed by atoms with Gasteiger partial charge in [-0.1, -0.05) is 51.3 Å². The van der Waals surface area contributed by atoms with E-state index in [1.807, 2.05) is 35.0 Å². The van der Waals surface area contributed by atoms with Gasteiger partial charge >= 0.3 is 0 Å². The normalized spacial score (nSPS) is 13.9. The van der Waals surface area contributed by atoms with Crippen LogP contribution in [0.4, 0.5) is 5.82 Å². The zero-order chi connectivity index (χ0) is 17.4. The van der Waals surface area contributed by atoms with Gasteiger partial charge in [-0.15, -0.1) is 0 Å². The van der Waals surface area contributed by atoms with Crippen molar-refractivity contribution in [1.29, 1.82) is 0 Å². The van der Waals surface area contributed by atoms with Gasteiger partial charge in [0.2, 0.25) is 0 Å². The molecular weight excluding hydrogens is 421 g/mol. The summed E-state index contributed by atoms with van der Waals surface area (Å²) >= 11 is 15.8. The minimum Gasteiger partial charge on any atom is -0.370 e. The standard InChI is InChI=1S/C19H16BrCl2N3/c20-13-6-4-12(5-7-13)18-15-3-1-2-10-23-19(15)25(24-18)14-8-9-16(21)17(22)11-14/h4-9,11,23H,1-3,10H2. The minimum absolute atomic E-state index is 0.530. The lowest BCUT2D eigenvalue weighted by Gasteiger charge is -2.10. The molecule has 1 N–H and O–H groups in total. The summed E-state index contributed by atoms with van der Waals surface area (Å²) in [5.74, 6) is 1.05. The molecule has 0 atom stereocenters. The van der Waals surface area contributed by atoms with Crippen molar-refractivity contribution in [3.63, 3.8) is 0 Å². The van der Waals surface area contributed by atoms with E-state index in [9.17, 15) is 0 Å². The summed E-state index contributed by atoms with van der Waals surface area (Å²) in [4.78, 5) is 0. The number of nitrogens with zero attached hydrogens (tertiary/aromatic N) is 2. The first-order valence-corrected chi connectivity index (χ1v) is 9.75. The number of halogens is 3. The first kappa shape index (κ1) is 17.0. The zero-order valence-corrected chi connectivity index (χ0v) is 16.5. The number of aromatic nitrogens is 2. The molecule has 3 nitrogen and oxygen atoms in total. The van der Waals surface area contributed by atoms with Crippen LogP contribution in [-0.4, -0.2) is 16.3 Å². The summed E-state index contributed by atoms with van der Waals surface area (Å²) in [6.07, 6.45) is 3.31. The van der Waals surface area contributed by atoms with Gasteiger partial charge in [0.1, 0.15) is 5.82 Å². The predicted molar refractivity (Wildman–Crippen MR) is 108 cm³/mol. The second-order valence-corrected chi connectivity index (χ2v) is 7.81. The van der Waals surface area contributed by atoms with Crippen molar-refractivity contribution >= 4 is 44.9 Å². The molecule has 0 saturated carbocycles. The number of hydrogen-bond donors (Lipinski definition) is 1. The minimum atomic E-state index is 0.530. The maximum atomic E-state index is 6.22. The Bertz CT molecular complexity index is 919. The lowest BCUT2D eigenvalue weighted by atomic mass is 10.0. The van der Waals surface area contributed by atoms with Crippen LogP contribution in [0.15, 0.2) is 46.9 Å². The molecule has 0 spiro atoms. The summed E-state index contributed by atoms with van der Waals surface area (Å²) in [7, 11) is 0. The van der Waals surface area contributed by atoms with Crippen LogP contribution in [0.3, 0.4) is 0 Å². The molecule has 6 heteroatoms. The highest BCUT2D eigenvalue weighted by atomic mass is 79.9. The monoisotopic (exact) mass is 435 g/mol. The molecule has 4 rings (SSSR count). The van der Waals surface area contributed by atoms with Crippen molar-refractivity contribution in [2.24, 2.45) is 0 Å². The summed E-state index contributed by atoms with van der Waals surface area (Å²) in [5, 5.41) is 9.53. The Kier molecular flexibility index (Phi) is 4.76. The molecule has 0 saturated heterocycles. The maximum Gasteiger partial charge on any atom is 0.133 e. The van der Waals surface area contributed by atoms with Crippen molar-refractivity contribution in [1.82, 2.24) is 9.78 Å². The van der Waals surface area contributed by atoms with Crippen molar-refractivity contribution in [2.75, 3.05) is 11.9 Å². The van der Waals surface area contributed by atoms with Crippen LogP contribution in [0.1, 0.15) is 18.4 Å². The number of fused-ring (bicyclic) bond motifs is 1. The van der Waals surface area contributed by atoms with E-state index in [1.54, 1.807) is 0 Å². The fourth-order valence-corrected chi connectivity index (χ4v) is 3.70. The number of nitrogens with one attached hydrogen (secondary N) is 1. The fraction of sp³-hybridized carbons (Fsp3) is 0.211. The summed E-state index contributed by atoms with van der Waals surface area (Å²) in [6.45, 7) is 0.944. The molecule has 25 heavy (non-hydrogen) atoms. The van der Waals surface area contributed by atoms with Crippen LogP contribution in [0, 0.1) is 0 Å². The van der Waals surface area contributed by atoms with E-state index >= 15 is 0 Å². The highest BCUT2D eigenvalue weighted by Crippen LogP contribution is 2.35. The van der Waals surface area contributed by atoms with E-state index < -0.39 is 0 Å². The zero-order valence-electron chi connectivity index (χ0n) is 13.4. The van der Waals surface area contributed by atoms with Gasteiger partial charge in [-0.3, -0.25) is 0 Å². The average Bonchev–Trinajstić information content (AvgIpc) is 2.80.